The van der Waals surface area contributed by atoms with Crippen molar-refractivity contribution in [3.63, 3.8) is 0 Å². The highest BCUT2D eigenvalue weighted by molar-refractivity contribution is 6.25. The van der Waals surface area contributed by atoms with Crippen LogP contribution in [-0.2, 0) is 0 Å². The molecule has 142 valence electrons. The van der Waals surface area contributed by atoms with Crippen molar-refractivity contribution in [3.05, 3.63) is 82.9 Å². The first-order valence-corrected chi connectivity index (χ1v) is 10.0. The fourth-order valence-corrected chi connectivity index (χ4v) is 4.02. The summed E-state index contributed by atoms with van der Waals surface area (Å²) in [4.78, 5) is 5.32. The van der Waals surface area contributed by atoms with Gasteiger partial charge in [0.15, 0.2) is 0 Å². The zero-order valence-corrected chi connectivity index (χ0v) is 17.3. The number of ether oxygens (including phenoxy) is 1. The van der Waals surface area contributed by atoms with Crippen LogP contribution in [0.2, 0.25) is 0 Å². The average Bonchev–Trinajstić information content (AvgIpc) is 3.01. The molecule has 0 fully saturated rings. The Bertz CT molecular complexity index is 1030. The fraction of sp³-hybridized carbons (Fsp3) is 0.269. The molecule has 1 aliphatic carbocycles. The van der Waals surface area contributed by atoms with Gasteiger partial charge in [-0.3, -0.25) is 0 Å². The Morgan fingerprint density at radius 2 is 1.29 bits per heavy atom. The minimum Gasteiger partial charge on any atom is -0.497 e. The van der Waals surface area contributed by atoms with E-state index in [9.17, 15) is 0 Å². The minimum absolute atomic E-state index is 0.416. The number of hydrogen-bond donors (Lipinski definition) is 0. The zero-order valence-electron chi connectivity index (χ0n) is 17.3. The van der Waals surface area contributed by atoms with Crippen molar-refractivity contribution < 1.29 is 4.74 Å². The number of nitrogens with zero attached hydrogens (tertiary/aromatic N) is 1. The lowest BCUT2D eigenvalue weighted by Crippen LogP contribution is -2.02. The molecule has 0 saturated heterocycles. The Kier molecular flexibility index (Phi) is 4.80. The molecule has 0 atom stereocenters. The Hall–Kier alpha value is -2.87. The quantitative estimate of drug-likeness (QED) is 0.376. The summed E-state index contributed by atoms with van der Waals surface area (Å²) >= 11 is 0. The summed E-state index contributed by atoms with van der Waals surface area (Å²) in [6.07, 6.45) is 0. The third-order valence-corrected chi connectivity index (χ3v) is 5.52. The predicted molar refractivity (Wildman–Crippen MR) is 118 cm³/mol. The van der Waals surface area contributed by atoms with Gasteiger partial charge in [0.25, 0.3) is 0 Å². The molecule has 4 rings (SSSR count). The number of hydrogen-bond acceptors (Lipinski definition) is 2. The molecule has 3 aromatic carbocycles. The number of para-hydroxylation sites is 1. The summed E-state index contributed by atoms with van der Waals surface area (Å²) in [5.74, 6) is 1.69. The van der Waals surface area contributed by atoms with Crippen molar-refractivity contribution in [1.29, 1.82) is 0 Å². The lowest BCUT2D eigenvalue weighted by Gasteiger charge is -2.17. The molecular formula is C26H27NO. The Morgan fingerprint density at radius 3 is 1.89 bits per heavy atom. The van der Waals surface area contributed by atoms with Crippen LogP contribution in [0, 0.1) is 0 Å². The normalized spacial score (nSPS) is 13.9. The first-order chi connectivity index (χ1) is 13.5. The van der Waals surface area contributed by atoms with Crippen LogP contribution in [-0.4, -0.2) is 12.8 Å². The van der Waals surface area contributed by atoms with Crippen LogP contribution in [0.25, 0.3) is 11.1 Å². The van der Waals surface area contributed by atoms with Gasteiger partial charge < -0.3 is 4.74 Å². The molecule has 0 heterocycles. The highest BCUT2D eigenvalue weighted by atomic mass is 16.5. The maximum atomic E-state index is 5.51. The molecule has 0 spiro atoms. The van der Waals surface area contributed by atoms with Crippen LogP contribution in [0.3, 0.4) is 0 Å². The first-order valence-electron chi connectivity index (χ1n) is 10.0. The summed E-state index contributed by atoms with van der Waals surface area (Å²) in [6, 6.07) is 21.4. The van der Waals surface area contributed by atoms with Gasteiger partial charge in [-0.1, -0.05) is 70.2 Å². The number of aliphatic imine (C=N–C) groups is 1. The van der Waals surface area contributed by atoms with Gasteiger partial charge >= 0.3 is 0 Å². The van der Waals surface area contributed by atoms with Crippen LogP contribution in [0.4, 0.5) is 5.69 Å². The summed E-state index contributed by atoms with van der Waals surface area (Å²) in [5, 5.41) is 0. The largest absolute Gasteiger partial charge is 0.497 e. The fourth-order valence-electron chi connectivity index (χ4n) is 4.02. The van der Waals surface area contributed by atoms with E-state index in [1.807, 2.05) is 6.07 Å². The van der Waals surface area contributed by atoms with E-state index in [-0.39, 0.29) is 0 Å². The molecule has 0 aromatic heterocycles. The standard InChI is InChI=1S/C26H27NO/c1-16(2)19-11-8-12-20(17(3)4)25(19)27-26-23-10-7-6-9-21(23)22-14-13-18(28-5)15-24(22)26/h6-17H,1-5H3. The number of fused-ring (bicyclic) bond motifs is 3. The van der Waals surface area contributed by atoms with E-state index < -0.39 is 0 Å². The first kappa shape index (κ1) is 18.5. The topological polar surface area (TPSA) is 21.6 Å². The van der Waals surface area contributed by atoms with Crippen molar-refractivity contribution in [2.75, 3.05) is 7.11 Å². The van der Waals surface area contributed by atoms with Crippen LogP contribution in [0.5, 0.6) is 5.75 Å². The van der Waals surface area contributed by atoms with Gasteiger partial charge in [0.1, 0.15) is 5.75 Å². The van der Waals surface area contributed by atoms with Crippen molar-refractivity contribution >= 4 is 11.4 Å². The molecule has 1 aliphatic rings. The van der Waals surface area contributed by atoms with E-state index in [0.717, 1.165) is 22.7 Å². The monoisotopic (exact) mass is 369 g/mol. The van der Waals surface area contributed by atoms with Gasteiger partial charge in [0, 0.05) is 11.1 Å². The summed E-state index contributed by atoms with van der Waals surface area (Å²) in [5.41, 5.74) is 9.57. The molecule has 0 amide bonds. The van der Waals surface area contributed by atoms with Gasteiger partial charge in [-0.25, -0.2) is 4.99 Å². The molecule has 2 nitrogen and oxygen atoms in total. The van der Waals surface area contributed by atoms with E-state index >= 15 is 0 Å². The smallest absolute Gasteiger partial charge is 0.119 e. The predicted octanol–water partition coefficient (Wildman–Crippen LogP) is 7.09. The maximum absolute atomic E-state index is 5.51. The second-order valence-electron chi connectivity index (χ2n) is 8.01. The molecule has 0 bridgehead atoms. The van der Waals surface area contributed by atoms with Crippen LogP contribution < -0.4 is 4.74 Å². The molecule has 3 aromatic rings. The van der Waals surface area contributed by atoms with Crippen molar-refractivity contribution in [3.8, 4) is 16.9 Å². The molecule has 0 saturated carbocycles. The van der Waals surface area contributed by atoms with Crippen molar-refractivity contribution in [2.24, 2.45) is 4.99 Å². The van der Waals surface area contributed by atoms with Gasteiger partial charge in [0.2, 0.25) is 0 Å². The molecular weight excluding hydrogens is 342 g/mol. The van der Waals surface area contributed by atoms with E-state index in [1.54, 1.807) is 7.11 Å². The van der Waals surface area contributed by atoms with Gasteiger partial charge in [0.05, 0.1) is 18.5 Å². The number of benzene rings is 3. The second kappa shape index (κ2) is 7.27. The second-order valence-corrected chi connectivity index (χ2v) is 8.01. The zero-order chi connectivity index (χ0) is 19.8. The SMILES string of the molecule is COc1ccc2c(c1)C(=Nc1c(C(C)C)cccc1C(C)C)c1ccccc1-2. The minimum atomic E-state index is 0.416. The lowest BCUT2D eigenvalue weighted by atomic mass is 9.92. The van der Waals surface area contributed by atoms with E-state index in [4.69, 9.17) is 9.73 Å². The number of methoxy groups -OCH3 is 1. The average molecular weight is 370 g/mol. The summed E-state index contributed by atoms with van der Waals surface area (Å²) in [6.45, 7) is 8.96. The maximum Gasteiger partial charge on any atom is 0.119 e. The molecule has 2 heteroatoms. The van der Waals surface area contributed by atoms with Gasteiger partial charge in [-0.2, -0.15) is 0 Å². The molecule has 0 unspecified atom stereocenters. The van der Waals surface area contributed by atoms with Gasteiger partial charge in [-0.05, 0) is 52.3 Å². The molecule has 0 radical (unpaired) electrons. The van der Waals surface area contributed by atoms with Crippen molar-refractivity contribution in [1.82, 2.24) is 0 Å². The van der Waals surface area contributed by atoms with Crippen molar-refractivity contribution in [2.45, 2.75) is 39.5 Å². The van der Waals surface area contributed by atoms with E-state index in [0.29, 0.717) is 11.8 Å². The summed E-state index contributed by atoms with van der Waals surface area (Å²) < 4.78 is 5.51. The highest BCUT2D eigenvalue weighted by Gasteiger charge is 2.26. The van der Waals surface area contributed by atoms with Crippen LogP contribution >= 0.6 is 0 Å². The highest BCUT2D eigenvalue weighted by Crippen LogP contribution is 2.42. The Labute approximate surface area is 167 Å². The van der Waals surface area contributed by atoms with Crippen LogP contribution in [0.15, 0.2) is 65.7 Å². The Morgan fingerprint density at radius 1 is 0.679 bits per heavy atom. The summed E-state index contributed by atoms with van der Waals surface area (Å²) in [7, 11) is 1.71. The Balaban J connectivity index is 2.02. The molecule has 0 aliphatic heterocycles. The number of rotatable bonds is 4. The lowest BCUT2D eigenvalue weighted by molar-refractivity contribution is 0.415. The third-order valence-electron chi connectivity index (χ3n) is 5.52. The van der Waals surface area contributed by atoms with Gasteiger partial charge in [-0.15, -0.1) is 0 Å². The van der Waals surface area contributed by atoms with Crippen LogP contribution in [0.1, 0.15) is 61.8 Å². The molecule has 0 N–H and O–H groups in total. The van der Waals surface area contributed by atoms with E-state index in [2.05, 4.69) is 82.3 Å². The van der Waals surface area contributed by atoms with E-state index in [1.165, 1.54) is 27.8 Å². The third kappa shape index (κ3) is 3.03. The molecule has 28 heavy (non-hydrogen) atoms.